The molecule has 1 aromatic rings. The van der Waals surface area contributed by atoms with Gasteiger partial charge in [0.25, 0.3) is 0 Å². The monoisotopic (exact) mass is 318 g/mol. The van der Waals surface area contributed by atoms with Crippen molar-refractivity contribution < 1.29 is 9.59 Å². The number of hydrogen-bond donors (Lipinski definition) is 2. The van der Waals surface area contributed by atoms with Crippen molar-refractivity contribution in [2.45, 2.75) is 19.3 Å². The minimum absolute atomic E-state index is 0.452. The Morgan fingerprint density at radius 3 is 2.30 bits per heavy atom. The quantitative estimate of drug-likeness (QED) is 0.803. The fraction of sp³-hybridized carbons (Fsp3) is 0.529. The second-order valence-electron chi connectivity index (χ2n) is 6.11. The number of carbonyl (C=O) groups is 2. The van der Waals surface area contributed by atoms with Gasteiger partial charge in [-0.1, -0.05) is 0 Å². The van der Waals surface area contributed by atoms with Crippen molar-refractivity contribution in [3.8, 4) is 0 Å². The van der Waals surface area contributed by atoms with E-state index in [2.05, 4.69) is 15.5 Å². The highest BCUT2D eigenvalue weighted by molar-refractivity contribution is 6.39. The van der Waals surface area contributed by atoms with E-state index < -0.39 is 11.8 Å². The molecule has 6 heteroatoms. The highest BCUT2D eigenvalue weighted by Crippen LogP contribution is 2.21. The van der Waals surface area contributed by atoms with Crippen molar-refractivity contribution in [3.63, 3.8) is 0 Å². The first-order valence-electron chi connectivity index (χ1n) is 8.15. The molecule has 1 aliphatic rings. The van der Waals surface area contributed by atoms with Crippen LogP contribution in [-0.4, -0.2) is 57.0 Å². The highest BCUT2D eigenvalue weighted by atomic mass is 16.2. The minimum Gasteiger partial charge on any atom is -0.372 e. The summed E-state index contributed by atoms with van der Waals surface area (Å²) in [6, 6.07) is 7.67. The van der Waals surface area contributed by atoms with Gasteiger partial charge in [0.15, 0.2) is 0 Å². The Bertz CT molecular complexity index is 522. The van der Waals surface area contributed by atoms with Crippen LogP contribution in [0.1, 0.15) is 19.3 Å². The fourth-order valence-electron chi connectivity index (χ4n) is 2.57. The predicted octanol–water partition coefficient (Wildman–Crippen LogP) is 1.29. The van der Waals surface area contributed by atoms with Crippen molar-refractivity contribution in [2.24, 2.45) is 0 Å². The molecule has 0 unspecified atom stereocenters. The Kier molecular flexibility index (Phi) is 6.40. The first-order valence-corrected chi connectivity index (χ1v) is 8.15. The number of carbonyl (C=O) groups excluding carboxylic acids is 2. The van der Waals surface area contributed by atoms with Gasteiger partial charge < -0.3 is 20.4 Å². The summed E-state index contributed by atoms with van der Waals surface area (Å²) in [5.41, 5.74) is 1.80. The van der Waals surface area contributed by atoms with Crippen LogP contribution in [0.25, 0.3) is 0 Å². The molecule has 0 bridgehead atoms. The maximum atomic E-state index is 11.8. The molecule has 126 valence electrons. The smallest absolute Gasteiger partial charge is 0.313 e. The van der Waals surface area contributed by atoms with E-state index >= 15 is 0 Å². The number of benzene rings is 1. The van der Waals surface area contributed by atoms with Crippen LogP contribution in [0.5, 0.6) is 0 Å². The third-order valence-electron chi connectivity index (χ3n) is 3.90. The van der Waals surface area contributed by atoms with Crippen molar-refractivity contribution >= 4 is 23.2 Å². The number of piperidine rings is 1. The van der Waals surface area contributed by atoms with Crippen LogP contribution >= 0.6 is 0 Å². The zero-order valence-corrected chi connectivity index (χ0v) is 14.0. The van der Waals surface area contributed by atoms with E-state index in [0.29, 0.717) is 18.8 Å². The zero-order chi connectivity index (χ0) is 16.7. The van der Waals surface area contributed by atoms with Crippen LogP contribution in [0.15, 0.2) is 24.3 Å². The molecule has 0 aliphatic carbocycles. The number of rotatable bonds is 5. The number of nitrogens with zero attached hydrogens (tertiary/aromatic N) is 2. The van der Waals surface area contributed by atoms with Gasteiger partial charge in [-0.05, 0) is 57.6 Å². The van der Waals surface area contributed by atoms with Crippen LogP contribution in [0.2, 0.25) is 0 Å². The van der Waals surface area contributed by atoms with Gasteiger partial charge in [-0.25, -0.2) is 0 Å². The van der Waals surface area contributed by atoms with E-state index in [-0.39, 0.29) is 0 Å². The summed E-state index contributed by atoms with van der Waals surface area (Å²) in [6.45, 7) is 3.32. The summed E-state index contributed by atoms with van der Waals surface area (Å²) in [5, 5.41) is 5.22. The Balaban J connectivity index is 1.82. The summed E-state index contributed by atoms with van der Waals surface area (Å²) < 4.78 is 0. The SMILES string of the molecule is CN(C)CCNC(=O)C(=O)Nc1ccc(N2CCCCC2)cc1. The molecule has 6 nitrogen and oxygen atoms in total. The predicted molar refractivity (Wildman–Crippen MR) is 92.7 cm³/mol. The maximum absolute atomic E-state index is 11.8. The Labute approximate surface area is 137 Å². The van der Waals surface area contributed by atoms with Gasteiger partial charge in [0.05, 0.1) is 0 Å². The third-order valence-corrected chi connectivity index (χ3v) is 3.90. The van der Waals surface area contributed by atoms with Crippen LogP contribution in [0.3, 0.4) is 0 Å². The second-order valence-corrected chi connectivity index (χ2v) is 6.11. The number of likely N-dealkylation sites (N-methyl/N-ethyl adjacent to an activating group) is 1. The molecular formula is C17H26N4O2. The Morgan fingerprint density at radius 1 is 1.04 bits per heavy atom. The van der Waals surface area contributed by atoms with E-state index in [1.165, 1.54) is 19.3 Å². The standard InChI is InChI=1S/C17H26N4O2/c1-20(2)13-10-18-16(22)17(23)19-14-6-8-15(9-7-14)21-11-4-3-5-12-21/h6-9H,3-5,10-13H2,1-2H3,(H,18,22)(H,19,23). The second kappa shape index (κ2) is 8.53. The van der Waals surface area contributed by atoms with Crippen molar-refractivity contribution in [1.82, 2.24) is 10.2 Å². The van der Waals surface area contributed by atoms with Gasteiger partial charge in [0.2, 0.25) is 0 Å². The molecule has 0 radical (unpaired) electrons. The van der Waals surface area contributed by atoms with Gasteiger partial charge >= 0.3 is 11.8 Å². The molecule has 1 saturated heterocycles. The molecular weight excluding hydrogens is 292 g/mol. The average molecular weight is 318 g/mol. The third kappa shape index (κ3) is 5.56. The van der Waals surface area contributed by atoms with Gasteiger partial charge in [0, 0.05) is 37.6 Å². The number of nitrogens with one attached hydrogen (secondary N) is 2. The summed E-state index contributed by atoms with van der Waals surface area (Å²) in [4.78, 5) is 27.8. The molecule has 1 aliphatic heterocycles. The molecule has 0 spiro atoms. The lowest BCUT2D eigenvalue weighted by molar-refractivity contribution is -0.136. The lowest BCUT2D eigenvalue weighted by atomic mass is 10.1. The molecule has 2 amide bonds. The molecule has 0 atom stereocenters. The normalized spacial score (nSPS) is 14.7. The largest absolute Gasteiger partial charge is 0.372 e. The van der Waals surface area contributed by atoms with E-state index in [4.69, 9.17) is 0 Å². The Morgan fingerprint density at radius 2 is 1.70 bits per heavy atom. The molecule has 0 aromatic heterocycles. The lowest BCUT2D eigenvalue weighted by Gasteiger charge is -2.28. The van der Waals surface area contributed by atoms with Crippen molar-refractivity contribution in [1.29, 1.82) is 0 Å². The number of amides is 2. The summed E-state index contributed by atoms with van der Waals surface area (Å²) in [7, 11) is 3.83. The molecule has 2 rings (SSSR count). The molecule has 1 aromatic carbocycles. The van der Waals surface area contributed by atoms with Gasteiger partial charge in [-0.15, -0.1) is 0 Å². The molecule has 2 N–H and O–H groups in total. The van der Waals surface area contributed by atoms with Gasteiger partial charge in [-0.2, -0.15) is 0 Å². The van der Waals surface area contributed by atoms with Crippen LogP contribution in [0, 0.1) is 0 Å². The van der Waals surface area contributed by atoms with E-state index in [1.807, 2.05) is 43.3 Å². The number of hydrogen-bond acceptors (Lipinski definition) is 4. The highest BCUT2D eigenvalue weighted by Gasteiger charge is 2.14. The van der Waals surface area contributed by atoms with E-state index in [0.717, 1.165) is 18.8 Å². The van der Waals surface area contributed by atoms with E-state index in [9.17, 15) is 9.59 Å². The molecule has 1 fully saturated rings. The molecule has 23 heavy (non-hydrogen) atoms. The Hall–Kier alpha value is -2.08. The fourth-order valence-corrected chi connectivity index (χ4v) is 2.57. The topological polar surface area (TPSA) is 64.7 Å². The average Bonchev–Trinajstić information content (AvgIpc) is 2.56. The molecule has 0 saturated carbocycles. The molecule has 1 heterocycles. The van der Waals surface area contributed by atoms with Crippen LogP contribution in [-0.2, 0) is 9.59 Å². The first-order chi connectivity index (χ1) is 11.1. The van der Waals surface area contributed by atoms with Crippen molar-refractivity contribution in [3.05, 3.63) is 24.3 Å². The lowest BCUT2D eigenvalue weighted by Crippen LogP contribution is -2.38. The van der Waals surface area contributed by atoms with Gasteiger partial charge in [-0.3, -0.25) is 9.59 Å². The summed E-state index contributed by atoms with van der Waals surface area (Å²) in [6.07, 6.45) is 3.75. The zero-order valence-electron chi connectivity index (χ0n) is 14.0. The van der Waals surface area contributed by atoms with Crippen molar-refractivity contribution in [2.75, 3.05) is 50.5 Å². The van der Waals surface area contributed by atoms with Gasteiger partial charge in [0.1, 0.15) is 0 Å². The summed E-state index contributed by atoms with van der Waals surface area (Å²) in [5.74, 6) is -1.23. The summed E-state index contributed by atoms with van der Waals surface area (Å²) >= 11 is 0. The maximum Gasteiger partial charge on any atom is 0.313 e. The number of anilines is 2. The minimum atomic E-state index is -0.630. The first kappa shape index (κ1) is 17.3. The van der Waals surface area contributed by atoms with E-state index in [1.54, 1.807) is 0 Å². The van der Waals surface area contributed by atoms with Crippen LogP contribution < -0.4 is 15.5 Å². The van der Waals surface area contributed by atoms with Crippen LogP contribution in [0.4, 0.5) is 11.4 Å².